The number of nitrogens with zero attached hydrogens (tertiary/aromatic N) is 1. The van der Waals surface area contributed by atoms with Gasteiger partial charge in [0.2, 0.25) is 5.91 Å². The van der Waals surface area contributed by atoms with Gasteiger partial charge in [0.1, 0.15) is 12.4 Å². The second-order valence-electron chi connectivity index (χ2n) is 6.22. The quantitative estimate of drug-likeness (QED) is 0.815. The van der Waals surface area contributed by atoms with Gasteiger partial charge in [-0.05, 0) is 51.9 Å². The fraction of sp³-hybridized carbons (Fsp3) is 0.500. The Kier molecular flexibility index (Phi) is 3.97. The lowest BCUT2D eigenvalue weighted by Crippen LogP contribution is -2.42. The highest BCUT2D eigenvalue weighted by molar-refractivity contribution is 9.10. The van der Waals surface area contributed by atoms with Crippen LogP contribution in [0.15, 0.2) is 22.7 Å². The number of hydrogen-bond donors (Lipinski definition) is 0. The lowest BCUT2D eigenvalue weighted by molar-refractivity contribution is -0.131. The van der Waals surface area contributed by atoms with Gasteiger partial charge in [0.05, 0.1) is 10.5 Å². The van der Waals surface area contributed by atoms with E-state index in [9.17, 15) is 14.0 Å². The van der Waals surface area contributed by atoms with Gasteiger partial charge in [-0.25, -0.2) is 14.1 Å². The lowest BCUT2D eigenvalue weighted by Gasteiger charge is -2.22. The molecule has 2 aliphatic rings. The van der Waals surface area contributed by atoms with Crippen molar-refractivity contribution < 1.29 is 18.7 Å². The van der Waals surface area contributed by atoms with Crippen molar-refractivity contribution in [2.75, 3.05) is 6.61 Å². The van der Waals surface area contributed by atoms with Crippen molar-refractivity contribution in [3.05, 3.63) is 34.1 Å². The average molecular weight is 370 g/mol. The first-order valence-electron chi connectivity index (χ1n) is 7.35. The van der Waals surface area contributed by atoms with E-state index >= 15 is 0 Å². The molecule has 3 atom stereocenters. The molecule has 1 saturated heterocycles. The molecule has 22 heavy (non-hydrogen) atoms. The molecule has 4 nitrogen and oxygen atoms in total. The molecule has 1 aliphatic carbocycles. The van der Waals surface area contributed by atoms with Crippen LogP contribution in [0.1, 0.15) is 31.7 Å². The smallest absolute Gasteiger partial charge is 0.416 e. The number of hydrogen-bond acceptors (Lipinski definition) is 3. The van der Waals surface area contributed by atoms with Crippen LogP contribution in [0.2, 0.25) is 0 Å². The van der Waals surface area contributed by atoms with Crippen molar-refractivity contribution in [1.82, 2.24) is 4.90 Å². The summed E-state index contributed by atoms with van der Waals surface area (Å²) in [5, 5.41) is 0. The van der Waals surface area contributed by atoms with Crippen LogP contribution < -0.4 is 0 Å². The molecule has 1 aliphatic heterocycles. The minimum atomic E-state index is -0.559. The standard InChI is InChI=1S/C16H17BrFNO3/c1-8(2)14-7-22-16(21)19(14)15(20)11-6-10(11)9-3-4-12(17)13(18)5-9/h3-5,8,10-11,14H,6-7H2,1-2H3/t10-,11+,14-/m1/s1. The van der Waals surface area contributed by atoms with Crippen LogP contribution in [-0.2, 0) is 9.53 Å². The number of amides is 2. The molecule has 0 spiro atoms. The maximum absolute atomic E-state index is 13.6. The Morgan fingerprint density at radius 1 is 1.45 bits per heavy atom. The Labute approximate surface area is 136 Å². The van der Waals surface area contributed by atoms with E-state index in [4.69, 9.17) is 4.74 Å². The second-order valence-corrected chi connectivity index (χ2v) is 7.07. The van der Waals surface area contributed by atoms with Gasteiger partial charge >= 0.3 is 6.09 Å². The molecule has 1 aromatic rings. The summed E-state index contributed by atoms with van der Waals surface area (Å²) in [7, 11) is 0. The number of cyclic esters (lactones) is 1. The summed E-state index contributed by atoms with van der Waals surface area (Å²) in [6, 6.07) is 4.70. The summed E-state index contributed by atoms with van der Waals surface area (Å²) in [5.41, 5.74) is 0.799. The van der Waals surface area contributed by atoms with E-state index < -0.39 is 6.09 Å². The SMILES string of the molecule is CC(C)[C@H]1COC(=O)N1C(=O)[C@H]1C[C@@H]1c1ccc(Br)c(F)c1. The van der Waals surface area contributed by atoms with Crippen molar-refractivity contribution >= 4 is 27.9 Å². The Bertz CT molecular complexity index is 634. The summed E-state index contributed by atoms with van der Waals surface area (Å²) >= 11 is 3.12. The van der Waals surface area contributed by atoms with E-state index in [0.717, 1.165) is 5.56 Å². The largest absolute Gasteiger partial charge is 0.447 e. The van der Waals surface area contributed by atoms with Crippen molar-refractivity contribution in [1.29, 1.82) is 0 Å². The number of halogens is 2. The van der Waals surface area contributed by atoms with Gasteiger partial charge in [0.15, 0.2) is 0 Å². The van der Waals surface area contributed by atoms with Gasteiger partial charge in [0.25, 0.3) is 0 Å². The van der Waals surface area contributed by atoms with E-state index in [-0.39, 0.29) is 42.1 Å². The molecule has 0 radical (unpaired) electrons. The first-order valence-corrected chi connectivity index (χ1v) is 8.14. The van der Waals surface area contributed by atoms with E-state index in [1.807, 2.05) is 19.9 Å². The molecule has 2 fully saturated rings. The molecule has 118 valence electrons. The van der Waals surface area contributed by atoms with Crippen molar-refractivity contribution in [2.45, 2.75) is 32.2 Å². The molecule has 1 saturated carbocycles. The van der Waals surface area contributed by atoms with Gasteiger partial charge < -0.3 is 4.74 Å². The van der Waals surface area contributed by atoms with Crippen LogP contribution in [0.25, 0.3) is 0 Å². The number of rotatable bonds is 3. The lowest BCUT2D eigenvalue weighted by atomic mass is 10.0. The van der Waals surface area contributed by atoms with Crippen molar-refractivity contribution in [3.8, 4) is 0 Å². The average Bonchev–Trinajstić information content (AvgIpc) is 3.17. The number of carbonyl (C=O) groups excluding carboxylic acids is 2. The third-order valence-electron chi connectivity index (χ3n) is 4.39. The van der Waals surface area contributed by atoms with Crippen LogP contribution in [0, 0.1) is 17.7 Å². The number of carbonyl (C=O) groups is 2. The molecule has 6 heteroatoms. The van der Waals surface area contributed by atoms with Gasteiger partial charge in [-0.3, -0.25) is 4.79 Å². The van der Waals surface area contributed by atoms with E-state index in [0.29, 0.717) is 10.9 Å². The number of benzene rings is 1. The third kappa shape index (κ3) is 2.64. The zero-order valence-electron chi connectivity index (χ0n) is 12.4. The maximum atomic E-state index is 13.6. The molecule has 1 heterocycles. The molecule has 0 N–H and O–H groups in total. The van der Waals surface area contributed by atoms with Gasteiger partial charge in [-0.15, -0.1) is 0 Å². The van der Waals surface area contributed by atoms with E-state index in [1.54, 1.807) is 6.07 Å². The summed E-state index contributed by atoms with van der Waals surface area (Å²) in [5.74, 6) is -0.660. The number of imide groups is 1. The minimum Gasteiger partial charge on any atom is -0.447 e. The maximum Gasteiger partial charge on any atom is 0.416 e. The first-order chi connectivity index (χ1) is 10.4. The molecule has 2 amide bonds. The highest BCUT2D eigenvalue weighted by atomic mass is 79.9. The summed E-state index contributed by atoms with van der Waals surface area (Å²) in [4.78, 5) is 25.7. The topological polar surface area (TPSA) is 46.6 Å². The predicted molar refractivity (Wildman–Crippen MR) is 81.8 cm³/mol. The molecular weight excluding hydrogens is 353 g/mol. The highest BCUT2D eigenvalue weighted by Gasteiger charge is 2.51. The van der Waals surface area contributed by atoms with Crippen LogP contribution >= 0.6 is 15.9 Å². The zero-order chi connectivity index (χ0) is 16.0. The first kappa shape index (κ1) is 15.5. The number of ether oxygens (including phenoxy) is 1. The summed E-state index contributed by atoms with van der Waals surface area (Å²) < 4.78 is 19.0. The fourth-order valence-corrected chi connectivity index (χ4v) is 3.18. The highest BCUT2D eigenvalue weighted by Crippen LogP contribution is 2.49. The molecule has 0 unspecified atom stereocenters. The second kappa shape index (κ2) is 5.65. The van der Waals surface area contributed by atoms with Crippen LogP contribution in [0.5, 0.6) is 0 Å². The van der Waals surface area contributed by atoms with E-state index in [1.165, 1.54) is 11.0 Å². The Morgan fingerprint density at radius 3 is 2.82 bits per heavy atom. The van der Waals surface area contributed by atoms with Gasteiger partial charge in [-0.2, -0.15) is 0 Å². The van der Waals surface area contributed by atoms with Crippen LogP contribution in [-0.4, -0.2) is 29.5 Å². The normalized spacial score (nSPS) is 27.2. The van der Waals surface area contributed by atoms with Crippen molar-refractivity contribution in [3.63, 3.8) is 0 Å². The Morgan fingerprint density at radius 2 is 2.18 bits per heavy atom. The molecule has 1 aromatic carbocycles. The van der Waals surface area contributed by atoms with Gasteiger partial charge in [-0.1, -0.05) is 19.9 Å². The fourth-order valence-electron chi connectivity index (χ4n) is 2.94. The predicted octanol–water partition coefficient (Wildman–Crippen LogP) is 3.70. The Balaban J connectivity index is 1.74. The van der Waals surface area contributed by atoms with Gasteiger partial charge in [0, 0.05) is 5.92 Å². The van der Waals surface area contributed by atoms with Crippen LogP contribution in [0.3, 0.4) is 0 Å². The summed E-state index contributed by atoms with van der Waals surface area (Å²) in [6.07, 6.45) is 0.0884. The summed E-state index contributed by atoms with van der Waals surface area (Å²) in [6.45, 7) is 4.18. The molecule has 3 rings (SSSR count). The molecule has 0 aromatic heterocycles. The zero-order valence-corrected chi connectivity index (χ0v) is 14.0. The third-order valence-corrected chi connectivity index (χ3v) is 5.04. The molecular formula is C16H17BrFNO3. The molecule has 0 bridgehead atoms. The monoisotopic (exact) mass is 369 g/mol. The van der Waals surface area contributed by atoms with E-state index in [2.05, 4.69) is 15.9 Å². The Hall–Kier alpha value is -1.43. The van der Waals surface area contributed by atoms with Crippen LogP contribution in [0.4, 0.5) is 9.18 Å². The van der Waals surface area contributed by atoms with Crippen molar-refractivity contribution in [2.24, 2.45) is 11.8 Å². The minimum absolute atomic E-state index is 0.0173.